The van der Waals surface area contributed by atoms with Crippen molar-refractivity contribution in [3.8, 4) is 0 Å². The van der Waals surface area contributed by atoms with Crippen LogP contribution in [0, 0.1) is 5.21 Å². The molecule has 9 heteroatoms. The van der Waals surface area contributed by atoms with E-state index in [2.05, 4.69) is 0 Å². The van der Waals surface area contributed by atoms with Gasteiger partial charge in [0.2, 0.25) is 0 Å². The Morgan fingerprint density at radius 3 is 2.57 bits per heavy atom. The first kappa shape index (κ1) is 16.8. The molecule has 0 bridgehead atoms. The Balaban J connectivity index is 2.44. The van der Waals surface area contributed by atoms with Gasteiger partial charge in [-0.05, 0) is 24.8 Å². The van der Waals surface area contributed by atoms with E-state index in [0.717, 1.165) is 20.9 Å². The van der Waals surface area contributed by atoms with Crippen molar-refractivity contribution in [1.29, 1.82) is 0 Å². The number of hydrogen-bond donors (Lipinski definition) is 1. The van der Waals surface area contributed by atoms with Gasteiger partial charge in [-0.2, -0.15) is 4.73 Å². The summed E-state index contributed by atoms with van der Waals surface area (Å²) in [6, 6.07) is 4.82. The van der Waals surface area contributed by atoms with Gasteiger partial charge in [0.15, 0.2) is 12.0 Å². The van der Waals surface area contributed by atoms with Crippen LogP contribution in [0.4, 0.5) is 5.82 Å². The van der Waals surface area contributed by atoms with Gasteiger partial charge in [0.25, 0.3) is 10.6 Å². The van der Waals surface area contributed by atoms with Crippen LogP contribution in [0.15, 0.2) is 39.0 Å². The number of ketones is 1. The average Bonchev–Trinajstić information content (AvgIpc) is 2.53. The molecule has 2 aromatic heterocycles. The Morgan fingerprint density at radius 1 is 1.30 bits per heavy atom. The van der Waals surface area contributed by atoms with Crippen molar-refractivity contribution in [2.75, 3.05) is 5.73 Å². The third-order valence-corrected chi connectivity index (χ3v) is 4.54. The molecule has 23 heavy (non-hydrogen) atoms. The molecule has 2 N–H and O–H groups in total. The van der Waals surface area contributed by atoms with E-state index >= 15 is 0 Å². The van der Waals surface area contributed by atoms with Crippen LogP contribution < -0.4 is 21.7 Å². The number of anilines is 1. The maximum atomic E-state index is 12.6. The molecule has 2 heterocycles. The predicted octanol–water partition coefficient (Wildman–Crippen LogP) is -0.337. The zero-order valence-electron chi connectivity index (χ0n) is 12.8. The Bertz CT molecular complexity index is 887. The van der Waals surface area contributed by atoms with Crippen molar-refractivity contribution < 1.29 is 9.52 Å². The fourth-order valence-corrected chi connectivity index (χ4v) is 2.94. The second-order valence-corrected chi connectivity index (χ2v) is 6.32. The highest BCUT2D eigenvalue weighted by molar-refractivity contribution is 8.00. The highest BCUT2D eigenvalue weighted by atomic mass is 32.2. The Labute approximate surface area is 135 Å². The van der Waals surface area contributed by atoms with Crippen molar-refractivity contribution in [2.45, 2.75) is 17.2 Å². The van der Waals surface area contributed by atoms with E-state index in [9.17, 15) is 19.6 Å². The molecular weight excluding hydrogens is 320 g/mol. The summed E-state index contributed by atoms with van der Waals surface area (Å²) in [5, 5.41) is 11.3. The van der Waals surface area contributed by atoms with Gasteiger partial charge in [-0.25, -0.2) is 4.79 Å². The Morgan fingerprint density at radius 2 is 1.96 bits per heavy atom. The molecular formula is C14H16N4O4S. The van der Waals surface area contributed by atoms with E-state index in [1.165, 1.54) is 20.3 Å². The van der Waals surface area contributed by atoms with Crippen molar-refractivity contribution in [3.05, 3.63) is 56.0 Å². The van der Waals surface area contributed by atoms with Crippen LogP contribution in [-0.4, -0.2) is 20.2 Å². The molecule has 2 rings (SSSR count). The SMILES string of the molecule is CC(Sc1cccc[n+]1[O-])C(=O)c1c(N)n(C)c(=O)n(C)c1=O. The van der Waals surface area contributed by atoms with Crippen LogP contribution in [0.5, 0.6) is 0 Å². The molecule has 0 spiro atoms. The molecule has 0 aliphatic rings. The number of aromatic nitrogens is 3. The molecule has 8 nitrogen and oxygen atoms in total. The monoisotopic (exact) mass is 336 g/mol. The summed E-state index contributed by atoms with van der Waals surface area (Å²) in [5.74, 6) is -0.717. The van der Waals surface area contributed by atoms with Crippen molar-refractivity contribution in [3.63, 3.8) is 0 Å². The number of carbonyl (C=O) groups excluding carboxylic acids is 1. The molecule has 1 unspecified atom stereocenters. The molecule has 0 saturated carbocycles. The third-order valence-electron chi connectivity index (χ3n) is 3.41. The zero-order valence-corrected chi connectivity index (χ0v) is 13.7. The summed E-state index contributed by atoms with van der Waals surface area (Å²) in [7, 11) is 2.66. The van der Waals surface area contributed by atoms with E-state index in [1.807, 2.05) is 0 Å². The van der Waals surface area contributed by atoms with E-state index < -0.39 is 22.3 Å². The summed E-state index contributed by atoms with van der Waals surface area (Å²) < 4.78 is 2.51. The van der Waals surface area contributed by atoms with Crippen molar-refractivity contribution >= 4 is 23.4 Å². The summed E-state index contributed by atoms with van der Waals surface area (Å²) in [6.07, 6.45) is 1.32. The molecule has 0 saturated heterocycles. The lowest BCUT2D eigenvalue weighted by Gasteiger charge is -2.14. The lowest BCUT2D eigenvalue weighted by Crippen LogP contribution is -2.42. The molecule has 0 aromatic carbocycles. The van der Waals surface area contributed by atoms with Crippen molar-refractivity contribution in [2.24, 2.45) is 14.1 Å². The number of pyridine rings is 1. The summed E-state index contributed by atoms with van der Waals surface area (Å²) in [5.41, 5.74) is 4.17. The molecule has 0 radical (unpaired) electrons. The lowest BCUT2D eigenvalue weighted by molar-refractivity contribution is -0.645. The highest BCUT2D eigenvalue weighted by Gasteiger charge is 2.27. The predicted molar refractivity (Wildman–Crippen MR) is 86.4 cm³/mol. The van der Waals surface area contributed by atoms with Gasteiger partial charge in [0.1, 0.15) is 11.4 Å². The van der Waals surface area contributed by atoms with Gasteiger partial charge in [-0.15, -0.1) is 0 Å². The first-order valence-electron chi connectivity index (χ1n) is 6.70. The molecule has 1 atom stereocenters. The summed E-state index contributed by atoms with van der Waals surface area (Å²) in [6.45, 7) is 1.57. The second-order valence-electron chi connectivity index (χ2n) is 4.96. The van der Waals surface area contributed by atoms with E-state index in [-0.39, 0.29) is 11.4 Å². The fourth-order valence-electron chi connectivity index (χ4n) is 2.03. The zero-order chi connectivity index (χ0) is 17.3. The Hall–Kier alpha value is -2.55. The molecule has 2 aromatic rings. The minimum atomic E-state index is -0.744. The van der Waals surface area contributed by atoms with Gasteiger partial charge < -0.3 is 10.9 Å². The van der Waals surface area contributed by atoms with Crippen LogP contribution in [0.3, 0.4) is 0 Å². The van der Waals surface area contributed by atoms with E-state index in [4.69, 9.17) is 5.73 Å². The summed E-state index contributed by atoms with van der Waals surface area (Å²) in [4.78, 5) is 36.6. The molecule has 0 aliphatic heterocycles. The van der Waals surface area contributed by atoms with E-state index in [0.29, 0.717) is 9.76 Å². The lowest BCUT2D eigenvalue weighted by atomic mass is 10.1. The smallest absolute Gasteiger partial charge is 0.332 e. The van der Waals surface area contributed by atoms with Gasteiger partial charge >= 0.3 is 5.69 Å². The van der Waals surface area contributed by atoms with Crippen LogP contribution in [0.25, 0.3) is 0 Å². The molecule has 0 amide bonds. The minimum absolute atomic E-state index is 0.182. The number of nitrogens with two attached hydrogens (primary N) is 1. The average molecular weight is 336 g/mol. The van der Waals surface area contributed by atoms with Gasteiger partial charge in [0, 0.05) is 26.2 Å². The fraction of sp³-hybridized carbons (Fsp3) is 0.286. The topological polar surface area (TPSA) is 114 Å². The molecule has 122 valence electrons. The number of nitrogens with zero attached hydrogens (tertiary/aromatic N) is 3. The quantitative estimate of drug-likeness (QED) is 0.354. The third kappa shape index (κ3) is 3.00. The number of rotatable bonds is 4. The maximum Gasteiger partial charge on any atom is 0.332 e. The van der Waals surface area contributed by atoms with Gasteiger partial charge in [-0.3, -0.25) is 18.7 Å². The van der Waals surface area contributed by atoms with Gasteiger partial charge in [0.05, 0.1) is 5.25 Å². The maximum absolute atomic E-state index is 12.6. The van der Waals surface area contributed by atoms with Gasteiger partial charge in [-0.1, -0.05) is 0 Å². The largest absolute Gasteiger partial charge is 0.618 e. The van der Waals surface area contributed by atoms with Crippen LogP contribution >= 0.6 is 11.8 Å². The van der Waals surface area contributed by atoms with Crippen molar-refractivity contribution in [1.82, 2.24) is 9.13 Å². The minimum Gasteiger partial charge on any atom is -0.618 e. The summed E-state index contributed by atoms with van der Waals surface area (Å²) >= 11 is 1.02. The standard InChI is InChI=1S/C14H16N4O4S/c1-8(23-9-6-4-5-7-18(9)22)11(19)10-12(15)16(2)14(21)17(3)13(10)20/h4-8H,15H2,1-3H3. The number of hydrogen-bond acceptors (Lipinski definition) is 6. The highest BCUT2D eigenvalue weighted by Crippen LogP contribution is 2.23. The van der Waals surface area contributed by atoms with Crippen LogP contribution in [0.2, 0.25) is 0 Å². The number of thioether (sulfide) groups is 1. The number of Topliss-reactive ketones (excluding diaryl/α,β-unsaturated/α-hetero) is 1. The first-order valence-corrected chi connectivity index (χ1v) is 7.58. The molecule has 0 fully saturated rings. The molecule has 0 aliphatic carbocycles. The van der Waals surface area contributed by atoms with Crippen LogP contribution in [-0.2, 0) is 14.1 Å². The first-order chi connectivity index (χ1) is 10.8. The van der Waals surface area contributed by atoms with Crippen LogP contribution in [0.1, 0.15) is 17.3 Å². The van der Waals surface area contributed by atoms with E-state index in [1.54, 1.807) is 25.1 Å². The second kappa shape index (κ2) is 6.29. The Kier molecular flexibility index (Phi) is 4.60. The number of nitrogen functional groups attached to an aromatic ring is 1. The number of carbonyl (C=O) groups is 1. The normalized spacial score (nSPS) is 12.1.